The molecule has 4 atom stereocenters. The fourth-order valence-corrected chi connectivity index (χ4v) is 4.64. The van der Waals surface area contributed by atoms with Crippen molar-refractivity contribution in [3.05, 3.63) is 41.5 Å². The van der Waals surface area contributed by atoms with Gasteiger partial charge in [0.05, 0.1) is 45.6 Å². The molecule has 0 bridgehead atoms. The zero-order valence-electron chi connectivity index (χ0n) is 25.0. The van der Waals surface area contributed by atoms with Crippen molar-refractivity contribution >= 4 is 24.0 Å². The third-order valence-electron chi connectivity index (χ3n) is 7.21. The molecule has 2 saturated heterocycles. The average molecular weight is 627 g/mol. The van der Waals surface area contributed by atoms with Crippen LogP contribution in [0.25, 0.3) is 0 Å². The van der Waals surface area contributed by atoms with Crippen LogP contribution in [0, 0.1) is 0 Å². The molecular weight excluding hydrogens is 585 g/mol. The normalized spacial score (nSPS) is 20.1. The molecule has 2 heterocycles. The molecule has 1 aliphatic carbocycles. The molecular formula is C30H41F3N4O7. The number of ether oxygens (including phenoxy) is 3. The minimum atomic E-state index is -5.12. The standard InChI is InChI=1S/C27H35F3N4O6.C3H6O/c1-39-21-8-6-19(7-9-21)15-22(25(37)31-20(17-35)14-18-4-2-3-5-18)32-26(38)24(27(28,29)30)33-23(36)16-34-10-12-40-13-11-34;1-3-2-4-3/h4,6-9,17,20,22,24H,2-3,5,10-16H2,1H3,(H,31,37)(H,32,38)(H,33,36);3H,2H2,1H3/t20-,22?,24?;/m0./s1. The van der Waals surface area contributed by atoms with Crippen molar-refractivity contribution in [2.45, 2.75) is 69.4 Å². The van der Waals surface area contributed by atoms with Crippen LogP contribution in [0.1, 0.15) is 38.2 Å². The quantitative estimate of drug-likeness (QED) is 0.171. The van der Waals surface area contributed by atoms with Crippen LogP contribution < -0.4 is 20.7 Å². The molecule has 0 aromatic heterocycles. The lowest BCUT2D eigenvalue weighted by atomic mass is 10.0. The molecule has 3 unspecified atom stereocenters. The molecule has 44 heavy (non-hydrogen) atoms. The Hall–Kier alpha value is -3.49. The van der Waals surface area contributed by atoms with Gasteiger partial charge in [0.15, 0.2) is 0 Å². The number of alkyl halides is 3. The van der Waals surface area contributed by atoms with Gasteiger partial charge in [0, 0.05) is 19.5 Å². The number of nitrogens with zero attached hydrogens (tertiary/aromatic N) is 1. The van der Waals surface area contributed by atoms with Crippen molar-refractivity contribution in [3.8, 4) is 5.75 Å². The Morgan fingerprint density at radius 1 is 1.07 bits per heavy atom. The van der Waals surface area contributed by atoms with Gasteiger partial charge in [-0.1, -0.05) is 23.8 Å². The first-order valence-corrected chi connectivity index (χ1v) is 14.6. The molecule has 0 radical (unpaired) electrons. The van der Waals surface area contributed by atoms with Crippen molar-refractivity contribution in [1.29, 1.82) is 0 Å². The second kappa shape index (κ2) is 17.1. The number of allylic oxidation sites excluding steroid dienone is 1. The molecule has 0 saturated carbocycles. The Morgan fingerprint density at radius 3 is 2.25 bits per heavy atom. The number of halogens is 3. The first-order valence-electron chi connectivity index (χ1n) is 14.6. The third kappa shape index (κ3) is 12.2. The number of nitrogens with one attached hydrogen (secondary N) is 3. The van der Waals surface area contributed by atoms with Crippen LogP contribution in [0.4, 0.5) is 13.2 Å². The largest absolute Gasteiger partial charge is 0.497 e. The van der Waals surface area contributed by atoms with Crippen molar-refractivity contribution < 1.29 is 46.6 Å². The summed E-state index contributed by atoms with van der Waals surface area (Å²) in [6, 6.07) is 1.20. The Bertz CT molecular complexity index is 1140. The lowest BCUT2D eigenvalue weighted by molar-refractivity contribution is -0.172. The Labute approximate surface area is 254 Å². The van der Waals surface area contributed by atoms with Gasteiger partial charge in [-0.3, -0.25) is 19.3 Å². The summed E-state index contributed by atoms with van der Waals surface area (Å²) >= 11 is 0. The summed E-state index contributed by atoms with van der Waals surface area (Å²) in [5.41, 5.74) is 1.54. The van der Waals surface area contributed by atoms with Crippen LogP contribution in [-0.4, -0.2) is 106 Å². The molecule has 244 valence electrons. The number of methoxy groups -OCH3 is 1. The Kier molecular flexibility index (Phi) is 13.6. The second-order valence-electron chi connectivity index (χ2n) is 10.9. The molecule has 14 heteroatoms. The zero-order valence-corrected chi connectivity index (χ0v) is 25.0. The fraction of sp³-hybridized carbons (Fsp3) is 0.600. The molecule has 1 aromatic rings. The smallest absolute Gasteiger partial charge is 0.417 e. The highest BCUT2D eigenvalue weighted by Crippen LogP contribution is 2.23. The number of epoxide rings is 1. The monoisotopic (exact) mass is 626 g/mol. The van der Waals surface area contributed by atoms with E-state index in [2.05, 4.69) is 17.6 Å². The summed E-state index contributed by atoms with van der Waals surface area (Å²) in [5.74, 6) is -2.86. The minimum absolute atomic E-state index is 0.165. The molecule has 3 aliphatic rings. The van der Waals surface area contributed by atoms with Crippen LogP contribution in [-0.2, 0) is 35.1 Å². The molecule has 2 fully saturated rings. The number of benzene rings is 1. The number of morpholine rings is 1. The fourth-order valence-electron chi connectivity index (χ4n) is 4.64. The van der Waals surface area contributed by atoms with E-state index in [1.165, 1.54) is 7.11 Å². The van der Waals surface area contributed by atoms with E-state index in [1.807, 2.05) is 6.08 Å². The number of amides is 3. The van der Waals surface area contributed by atoms with E-state index in [1.54, 1.807) is 34.5 Å². The van der Waals surface area contributed by atoms with Gasteiger partial charge in [-0.25, -0.2) is 0 Å². The van der Waals surface area contributed by atoms with Gasteiger partial charge in [-0.05, 0) is 50.3 Å². The number of carbonyl (C=O) groups excluding carboxylic acids is 4. The highest BCUT2D eigenvalue weighted by molar-refractivity contribution is 5.93. The predicted octanol–water partition coefficient (Wildman–Crippen LogP) is 1.69. The number of rotatable bonds is 13. The summed E-state index contributed by atoms with van der Waals surface area (Å²) in [6.45, 7) is 4.13. The summed E-state index contributed by atoms with van der Waals surface area (Å²) < 4.78 is 56.6. The minimum Gasteiger partial charge on any atom is -0.497 e. The van der Waals surface area contributed by atoms with Crippen molar-refractivity contribution in [3.63, 3.8) is 0 Å². The van der Waals surface area contributed by atoms with Crippen LogP contribution >= 0.6 is 0 Å². The van der Waals surface area contributed by atoms with Crippen LogP contribution in [0.15, 0.2) is 35.9 Å². The first kappa shape index (κ1) is 35.0. The van der Waals surface area contributed by atoms with E-state index in [0.29, 0.717) is 50.0 Å². The number of carbonyl (C=O) groups is 4. The van der Waals surface area contributed by atoms with E-state index < -0.39 is 42.0 Å². The van der Waals surface area contributed by atoms with E-state index >= 15 is 0 Å². The average Bonchev–Trinajstić information content (AvgIpc) is 3.61. The van der Waals surface area contributed by atoms with Gasteiger partial charge in [-0.15, -0.1) is 0 Å². The lowest BCUT2D eigenvalue weighted by Gasteiger charge is -2.28. The van der Waals surface area contributed by atoms with E-state index in [9.17, 15) is 32.3 Å². The van der Waals surface area contributed by atoms with Gasteiger partial charge in [0.2, 0.25) is 17.9 Å². The van der Waals surface area contributed by atoms with Crippen molar-refractivity contribution in [1.82, 2.24) is 20.9 Å². The predicted molar refractivity (Wildman–Crippen MR) is 154 cm³/mol. The molecule has 3 amide bonds. The summed E-state index contributed by atoms with van der Waals surface area (Å²) in [4.78, 5) is 51.8. The number of hydrogen-bond donors (Lipinski definition) is 3. The van der Waals surface area contributed by atoms with Crippen LogP contribution in [0.2, 0.25) is 0 Å². The molecule has 1 aromatic carbocycles. The van der Waals surface area contributed by atoms with E-state index in [4.69, 9.17) is 14.2 Å². The molecule has 3 N–H and O–H groups in total. The van der Waals surface area contributed by atoms with Gasteiger partial charge in [0.25, 0.3) is 5.91 Å². The highest BCUT2D eigenvalue weighted by atomic mass is 19.4. The van der Waals surface area contributed by atoms with Gasteiger partial charge >= 0.3 is 6.18 Å². The Balaban J connectivity index is 0.00000122. The van der Waals surface area contributed by atoms with Crippen molar-refractivity contribution in [2.75, 3.05) is 46.6 Å². The number of hydrogen-bond acceptors (Lipinski definition) is 8. The first-order chi connectivity index (χ1) is 21.0. The maximum Gasteiger partial charge on any atom is 0.417 e. The zero-order chi connectivity index (χ0) is 32.1. The summed E-state index contributed by atoms with van der Waals surface area (Å²) in [7, 11) is 1.47. The van der Waals surface area contributed by atoms with Gasteiger partial charge < -0.3 is 35.0 Å². The molecule has 0 spiro atoms. The van der Waals surface area contributed by atoms with E-state index in [-0.39, 0.29) is 19.4 Å². The van der Waals surface area contributed by atoms with Crippen LogP contribution in [0.5, 0.6) is 5.75 Å². The van der Waals surface area contributed by atoms with Crippen LogP contribution in [0.3, 0.4) is 0 Å². The molecule has 4 rings (SSSR count). The third-order valence-corrected chi connectivity index (χ3v) is 7.21. The highest BCUT2D eigenvalue weighted by Gasteiger charge is 2.47. The maximum atomic E-state index is 13.9. The lowest BCUT2D eigenvalue weighted by Crippen LogP contribution is -2.60. The SMILES string of the molecule is CC1CO1.COc1ccc(CC(NC(=O)C(NC(=O)CN2CCOCC2)C(F)(F)F)C(=O)N[C@H](C=O)CC2=CCCC2)cc1. The van der Waals surface area contributed by atoms with E-state index in [0.717, 1.165) is 31.4 Å². The summed E-state index contributed by atoms with van der Waals surface area (Å²) in [5, 5.41) is 6.45. The Morgan fingerprint density at radius 2 is 1.73 bits per heavy atom. The molecule has 11 nitrogen and oxygen atoms in total. The topological polar surface area (TPSA) is 139 Å². The van der Waals surface area contributed by atoms with Crippen molar-refractivity contribution in [2.24, 2.45) is 0 Å². The van der Waals surface area contributed by atoms with Gasteiger partial charge in [-0.2, -0.15) is 13.2 Å². The number of aldehydes is 1. The molecule has 2 aliphatic heterocycles. The second-order valence-corrected chi connectivity index (χ2v) is 10.9. The maximum absolute atomic E-state index is 13.9. The van der Waals surface area contributed by atoms with Gasteiger partial charge in [0.1, 0.15) is 18.1 Å². The summed E-state index contributed by atoms with van der Waals surface area (Å²) in [6.07, 6.45) is 0.752.